The summed E-state index contributed by atoms with van der Waals surface area (Å²) in [5, 5.41) is 7.93. The number of rotatable bonds is 5. The van der Waals surface area contributed by atoms with E-state index < -0.39 is 6.04 Å². The molecule has 1 amide bonds. The Hall–Kier alpha value is -3.84. The molecule has 2 aromatic heterocycles. The summed E-state index contributed by atoms with van der Waals surface area (Å²) in [6.07, 6.45) is 6.00. The van der Waals surface area contributed by atoms with E-state index in [1.165, 1.54) is 6.39 Å². The first kappa shape index (κ1) is 19.1. The second kappa shape index (κ2) is 8.12. The van der Waals surface area contributed by atoms with Crippen LogP contribution in [0.4, 0.5) is 5.69 Å². The molecule has 0 saturated heterocycles. The predicted molar refractivity (Wildman–Crippen MR) is 117 cm³/mol. The van der Waals surface area contributed by atoms with Crippen LogP contribution in [0.2, 0.25) is 0 Å². The van der Waals surface area contributed by atoms with Crippen LogP contribution in [0, 0.1) is 0 Å². The molecule has 1 aliphatic heterocycles. The zero-order valence-electron chi connectivity index (χ0n) is 16.8. The van der Waals surface area contributed by atoms with Gasteiger partial charge >= 0.3 is 0 Å². The van der Waals surface area contributed by atoms with Gasteiger partial charge in [-0.25, -0.2) is 0 Å². The molecular weight excluding hydrogens is 390 g/mol. The van der Waals surface area contributed by atoms with Crippen LogP contribution in [0.25, 0.3) is 22.6 Å². The van der Waals surface area contributed by atoms with Crippen LogP contribution in [0.1, 0.15) is 11.1 Å². The zero-order chi connectivity index (χ0) is 21.2. The summed E-state index contributed by atoms with van der Waals surface area (Å²) in [7, 11) is 0. The van der Waals surface area contributed by atoms with Crippen LogP contribution in [0.15, 0.2) is 77.8 Å². The molecule has 1 atom stereocenters. The number of amides is 1. The summed E-state index contributed by atoms with van der Waals surface area (Å²) in [5.74, 6) is 0.348. The van der Waals surface area contributed by atoms with Crippen molar-refractivity contribution in [3.8, 4) is 22.6 Å². The van der Waals surface area contributed by atoms with Crippen molar-refractivity contribution in [2.24, 2.45) is 5.73 Å². The van der Waals surface area contributed by atoms with Crippen LogP contribution in [0.3, 0.4) is 0 Å². The zero-order valence-corrected chi connectivity index (χ0v) is 16.8. The first-order chi connectivity index (χ1) is 15.2. The van der Waals surface area contributed by atoms with Gasteiger partial charge in [0.1, 0.15) is 0 Å². The van der Waals surface area contributed by atoms with Gasteiger partial charge in [-0.05, 0) is 59.4 Å². The largest absolute Gasteiger partial charge is 0.423 e. The van der Waals surface area contributed by atoms with Crippen molar-refractivity contribution in [2.75, 3.05) is 11.4 Å². The van der Waals surface area contributed by atoms with Crippen LogP contribution in [-0.4, -0.2) is 33.7 Å². The smallest absolute Gasteiger partial charge is 0.247 e. The van der Waals surface area contributed by atoms with E-state index >= 15 is 0 Å². The second-order valence-corrected chi connectivity index (χ2v) is 7.54. The quantitative estimate of drug-likeness (QED) is 0.541. The molecule has 0 fully saturated rings. The highest BCUT2D eigenvalue weighted by molar-refractivity contribution is 6.01. The highest BCUT2D eigenvalue weighted by Gasteiger charge is 2.31. The van der Waals surface area contributed by atoms with Crippen molar-refractivity contribution < 1.29 is 9.21 Å². The first-order valence-electron chi connectivity index (χ1n) is 10.2. The Morgan fingerprint density at radius 2 is 1.90 bits per heavy atom. The Balaban J connectivity index is 1.53. The lowest BCUT2D eigenvalue weighted by Crippen LogP contribution is -2.44. The Morgan fingerprint density at radius 3 is 2.65 bits per heavy atom. The third-order valence-electron chi connectivity index (χ3n) is 5.59. The maximum absolute atomic E-state index is 13.3. The standard InChI is InChI=1S/C24H21N5O2/c25-21(12-16-4-2-1-3-5-16)24(30)29-11-8-19-20(23-28-27-15-31-23)13-18(14-22(19)29)17-6-9-26-10-7-17/h1-7,9-10,13-15,21H,8,11-12,25H2/t21-/m0/s1. The summed E-state index contributed by atoms with van der Waals surface area (Å²) < 4.78 is 5.50. The fourth-order valence-electron chi connectivity index (χ4n) is 4.08. The van der Waals surface area contributed by atoms with E-state index in [1.54, 1.807) is 17.3 Å². The van der Waals surface area contributed by atoms with Crippen molar-refractivity contribution in [2.45, 2.75) is 18.9 Å². The number of aromatic nitrogens is 3. The molecule has 0 unspecified atom stereocenters. The Bertz CT molecular complexity index is 1190. The molecule has 7 heteroatoms. The van der Waals surface area contributed by atoms with Crippen molar-refractivity contribution in [3.63, 3.8) is 0 Å². The number of fused-ring (bicyclic) bond motifs is 1. The third kappa shape index (κ3) is 3.71. The summed E-state index contributed by atoms with van der Waals surface area (Å²) in [5.41, 5.74) is 12.0. The van der Waals surface area contributed by atoms with E-state index in [0.717, 1.165) is 33.5 Å². The van der Waals surface area contributed by atoms with E-state index in [2.05, 4.69) is 15.2 Å². The number of carbonyl (C=O) groups excluding carboxylic acids is 1. The van der Waals surface area contributed by atoms with Gasteiger partial charge in [-0.2, -0.15) is 0 Å². The maximum Gasteiger partial charge on any atom is 0.247 e. The molecular formula is C24H21N5O2. The van der Waals surface area contributed by atoms with Gasteiger partial charge in [0.05, 0.1) is 6.04 Å². The highest BCUT2D eigenvalue weighted by Crippen LogP contribution is 2.40. The monoisotopic (exact) mass is 411 g/mol. The van der Waals surface area contributed by atoms with Crippen LogP contribution < -0.4 is 10.6 Å². The topological polar surface area (TPSA) is 98.1 Å². The molecule has 0 spiro atoms. The fraction of sp³-hybridized carbons (Fsp3) is 0.167. The lowest BCUT2D eigenvalue weighted by atomic mass is 9.97. The van der Waals surface area contributed by atoms with E-state index in [-0.39, 0.29) is 5.91 Å². The summed E-state index contributed by atoms with van der Waals surface area (Å²) in [6, 6.07) is 17.1. The average Bonchev–Trinajstić information content (AvgIpc) is 3.49. The van der Waals surface area contributed by atoms with Gasteiger partial charge in [-0.3, -0.25) is 9.78 Å². The van der Waals surface area contributed by atoms with Gasteiger partial charge < -0.3 is 15.1 Å². The van der Waals surface area contributed by atoms with E-state index in [4.69, 9.17) is 10.2 Å². The third-order valence-corrected chi connectivity index (χ3v) is 5.59. The maximum atomic E-state index is 13.3. The number of hydrogen-bond donors (Lipinski definition) is 1. The number of carbonyl (C=O) groups is 1. The van der Waals surface area contributed by atoms with Gasteiger partial charge in [-0.15, -0.1) is 10.2 Å². The summed E-state index contributed by atoms with van der Waals surface area (Å²) in [4.78, 5) is 19.2. The Kier molecular flexibility index (Phi) is 5.01. The van der Waals surface area contributed by atoms with Gasteiger partial charge in [-0.1, -0.05) is 30.3 Å². The van der Waals surface area contributed by atoms with Crippen LogP contribution in [0.5, 0.6) is 0 Å². The van der Waals surface area contributed by atoms with E-state index in [0.29, 0.717) is 25.3 Å². The van der Waals surface area contributed by atoms with Gasteiger partial charge in [0.25, 0.3) is 0 Å². The fourth-order valence-corrected chi connectivity index (χ4v) is 4.08. The minimum absolute atomic E-state index is 0.0917. The molecule has 0 saturated carbocycles. The van der Waals surface area contributed by atoms with Crippen molar-refractivity contribution in [1.82, 2.24) is 15.2 Å². The molecule has 5 rings (SSSR count). The molecule has 1 aliphatic rings. The summed E-state index contributed by atoms with van der Waals surface area (Å²) >= 11 is 0. The highest BCUT2D eigenvalue weighted by atomic mass is 16.4. The van der Waals surface area contributed by atoms with Crippen molar-refractivity contribution in [1.29, 1.82) is 0 Å². The SMILES string of the molecule is N[C@@H](Cc1ccccc1)C(=O)N1CCc2c(-c3nnco3)cc(-c3ccncc3)cc21. The number of benzene rings is 2. The summed E-state index contributed by atoms with van der Waals surface area (Å²) in [6.45, 7) is 0.567. The molecule has 0 bridgehead atoms. The Labute approximate surface area is 179 Å². The van der Waals surface area contributed by atoms with Crippen LogP contribution >= 0.6 is 0 Å². The molecule has 0 radical (unpaired) electrons. The minimum atomic E-state index is -0.621. The van der Waals surface area contributed by atoms with E-state index in [9.17, 15) is 4.79 Å². The van der Waals surface area contributed by atoms with Gasteiger partial charge in [0.15, 0.2) is 0 Å². The lowest BCUT2D eigenvalue weighted by Gasteiger charge is -2.22. The molecule has 154 valence electrons. The van der Waals surface area contributed by atoms with Gasteiger partial charge in [0, 0.05) is 30.2 Å². The minimum Gasteiger partial charge on any atom is -0.423 e. The van der Waals surface area contributed by atoms with E-state index in [1.807, 2.05) is 54.6 Å². The molecule has 3 heterocycles. The number of anilines is 1. The average molecular weight is 411 g/mol. The van der Waals surface area contributed by atoms with Crippen molar-refractivity contribution in [3.05, 3.63) is 84.5 Å². The van der Waals surface area contributed by atoms with Crippen LogP contribution in [-0.2, 0) is 17.6 Å². The predicted octanol–water partition coefficient (Wildman–Crippen LogP) is 3.26. The van der Waals surface area contributed by atoms with Crippen molar-refractivity contribution >= 4 is 11.6 Å². The van der Waals surface area contributed by atoms with Gasteiger partial charge in [0.2, 0.25) is 18.2 Å². The molecule has 4 aromatic rings. The molecule has 0 aliphatic carbocycles. The lowest BCUT2D eigenvalue weighted by molar-refractivity contribution is -0.119. The molecule has 31 heavy (non-hydrogen) atoms. The molecule has 2 N–H and O–H groups in total. The normalized spacial score (nSPS) is 13.8. The first-order valence-corrected chi connectivity index (χ1v) is 10.2. The number of nitrogens with zero attached hydrogens (tertiary/aromatic N) is 4. The molecule has 2 aromatic carbocycles. The Morgan fingerprint density at radius 1 is 1.10 bits per heavy atom. The number of nitrogens with two attached hydrogens (primary N) is 1. The number of pyridine rings is 1. The second-order valence-electron chi connectivity index (χ2n) is 7.54. The number of hydrogen-bond acceptors (Lipinski definition) is 6. The molecule has 7 nitrogen and oxygen atoms in total.